The number of rotatable bonds is 9. The van der Waals surface area contributed by atoms with Gasteiger partial charge in [-0.25, -0.2) is 9.13 Å². The Kier molecular flexibility index (Phi) is 7.57. The summed E-state index contributed by atoms with van der Waals surface area (Å²) < 4.78 is 4.47. The van der Waals surface area contributed by atoms with E-state index in [1.54, 1.807) is 0 Å². The molecule has 0 aliphatic heterocycles. The molecule has 4 heteroatoms. The van der Waals surface area contributed by atoms with E-state index in [9.17, 15) is 0 Å². The Morgan fingerprint density at radius 1 is 1.29 bits per heavy atom. The van der Waals surface area contributed by atoms with E-state index < -0.39 is 0 Å². The number of imidazole rings is 1. The maximum absolute atomic E-state index is 8.45. The number of hydrogen-bond donors (Lipinski definition) is 0. The van der Waals surface area contributed by atoms with E-state index in [-0.39, 0.29) is 0 Å². The maximum Gasteiger partial charge on any atom is 0.243 e. The first-order chi connectivity index (χ1) is 8.36. The highest BCUT2D eigenvalue weighted by molar-refractivity contribution is 7.98. The van der Waals surface area contributed by atoms with Crippen LogP contribution in [-0.2, 0) is 13.1 Å². The molecule has 1 aromatic heterocycles. The fourth-order valence-electron chi connectivity index (χ4n) is 1.74. The molecule has 0 saturated carbocycles. The zero-order valence-corrected chi connectivity index (χ0v) is 11.5. The molecule has 0 spiro atoms. The third-order valence-electron chi connectivity index (χ3n) is 2.72. The lowest BCUT2D eigenvalue weighted by Gasteiger charge is -1.96. The Morgan fingerprint density at radius 3 is 2.94 bits per heavy atom. The van der Waals surface area contributed by atoms with Gasteiger partial charge in [-0.15, -0.1) is 0 Å². The van der Waals surface area contributed by atoms with Crippen LogP contribution in [0, 0.1) is 11.3 Å². The molecule has 0 saturated heterocycles. The first kappa shape index (κ1) is 14.1. The Morgan fingerprint density at radius 2 is 2.18 bits per heavy atom. The smallest absolute Gasteiger partial charge is 0.237 e. The van der Waals surface area contributed by atoms with E-state index in [2.05, 4.69) is 40.2 Å². The predicted octanol–water partition coefficient (Wildman–Crippen LogP) is 2.61. The molecule has 1 aromatic rings. The van der Waals surface area contributed by atoms with Crippen molar-refractivity contribution in [2.24, 2.45) is 0 Å². The lowest BCUT2D eigenvalue weighted by Crippen LogP contribution is -2.30. The molecule has 17 heavy (non-hydrogen) atoms. The summed E-state index contributed by atoms with van der Waals surface area (Å²) in [5.74, 6) is 1.26. The molecule has 0 atom stereocenters. The van der Waals surface area contributed by atoms with Crippen LogP contribution in [0.3, 0.4) is 0 Å². The highest BCUT2D eigenvalue weighted by Crippen LogP contribution is 2.01. The molecule has 94 valence electrons. The summed E-state index contributed by atoms with van der Waals surface area (Å²) in [5, 5.41) is 8.45. The Bertz CT molecular complexity index is 341. The van der Waals surface area contributed by atoms with Gasteiger partial charge in [-0.1, -0.05) is 0 Å². The van der Waals surface area contributed by atoms with Gasteiger partial charge in [0.05, 0.1) is 19.2 Å². The zero-order chi connectivity index (χ0) is 12.3. The molecule has 0 amide bonds. The molecule has 0 bridgehead atoms. The summed E-state index contributed by atoms with van der Waals surface area (Å²) in [5.41, 5.74) is 0. The second-order valence-electron chi connectivity index (χ2n) is 4.20. The minimum absolute atomic E-state index is 0.677. The minimum Gasteiger partial charge on any atom is -0.237 e. The van der Waals surface area contributed by atoms with Crippen LogP contribution in [0.25, 0.3) is 0 Å². The van der Waals surface area contributed by atoms with Crippen LogP contribution >= 0.6 is 11.8 Å². The molecule has 0 fully saturated rings. The number of aromatic nitrogens is 2. The topological polar surface area (TPSA) is 32.6 Å². The van der Waals surface area contributed by atoms with Gasteiger partial charge < -0.3 is 0 Å². The van der Waals surface area contributed by atoms with E-state index in [0.717, 1.165) is 25.9 Å². The molecule has 1 heterocycles. The van der Waals surface area contributed by atoms with E-state index in [4.69, 9.17) is 5.26 Å². The number of nitriles is 1. The van der Waals surface area contributed by atoms with Crippen molar-refractivity contribution < 1.29 is 4.57 Å². The van der Waals surface area contributed by atoms with Crippen LogP contribution in [0.4, 0.5) is 0 Å². The van der Waals surface area contributed by atoms with Crippen LogP contribution in [0.15, 0.2) is 18.7 Å². The van der Waals surface area contributed by atoms with Crippen LogP contribution in [0.1, 0.15) is 32.1 Å². The molecular formula is C13H22N3S+. The molecule has 0 radical (unpaired) electrons. The van der Waals surface area contributed by atoms with Crippen molar-refractivity contribution in [1.29, 1.82) is 5.26 Å². The number of nitrogens with zero attached hydrogens (tertiary/aromatic N) is 3. The van der Waals surface area contributed by atoms with Gasteiger partial charge in [0.15, 0.2) is 0 Å². The second kappa shape index (κ2) is 9.12. The highest BCUT2D eigenvalue weighted by atomic mass is 32.2. The number of thioether (sulfide) groups is 1. The van der Waals surface area contributed by atoms with Gasteiger partial charge in [0, 0.05) is 6.42 Å². The molecule has 0 unspecified atom stereocenters. The molecular weight excluding hydrogens is 230 g/mol. The fraction of sp³-hybridized carbons (Fsp3) is 0.692. The highest BCUT2D eigenvalue weighted by Gasteiger charge is 2.02. The monoisotopic (exact) mass is 252 g/mol. The van der Waals surface area contributed by atoms with Crippen molar-refractivity contribution in [3.05, 3.63) is 18.7 Å². The lowest BCUT2D eigenvalue weighted by atomic mass is 10.2. The van der Waals surface area contributed by atoms with Crippen LogP contribution < -0.4 is 4.57 Å². The van der Waals surface area contributed by atoms with Crippen LogP contribution in [-0.4, -0.2) is 16.6 Å². The van der Waals surface area contributed by atoms with E-state index in [1.807, 2.05) is 11.8 Å². The molecule has 3 nitrogen and oxygen atoms in total. The number of aryl methyl sites for hydroxylation is 2. The molecule has 0 aliphatic rings. The second-order valence-corrected chi connectivity index (χ2v) is 5.19. The summed E-state index contributed by atoms with van der Waals surface area (Å²) >= 11 is 1.92. The molecule has 0 aliphatic carbocycles. The van der Waals surface area contributed by atoms with Crippen molar-refractivity contribution in [1.82, 2.24) is 4.57 Å². The predicted molar refractivity (Wildman–Crippen MR) is 71.7 cm³/mol. The minimum atomic E-state index is 0.677. The zero-order valence-electron chi connectivity index (χ0n) is 10.6. The van der Waals surface area contributed by atoms with Crippen LogP contribution in [0.5, 0.6) is 0 Å². The van der Waals surface area contributed by atoms with Gasteiger partial charge in [-0.3, -0.25) is 0 Å². The van der Waals surface area contributed by atoms with Gasteiger partial charge in [0.2, 0.25) is 6.33 Å². The van der Waals surface area contributed by atoms with Crippen molar-refractivity contribution in [3.63, 3.8) is 0 Å². The van der Waals surface area contributed by atoms with Gasteiger partial charge in [-0.05, 0) is 37.7 Å². The quantitative estimate of drug-likeness (QED) is 0.500. The van der Waals surface area contributed by atoms with E-state index >= 15 is 0 Å². The number of unbranched alkanes of at least 4 members (excludes halogenated alkanes) is 3. The van der Waals surface area contributed by atoms with E-state index in [1.165, 1.54) is 18.6 Å². The summed E-state index contributed by atoms with van der Waals surface area (Å²) in [6, 6.07) is 2.18. The summed E-state index contributed by atoms with van der Waals surface area (Å²) in [6.45, 7) is 2.14. The normalized spacial score (nSPS) is 10.4. The van der Waals surface area contributed by atoms with Gasteiger partial charge in [-0.2, -0.15) is 17.0 Å². The molecule has 0 N–H and O–H groups in total. The van der Waals surface area contributed by atoms with Crippen molar-refractivity contribution in [3.8, 4) is 6.07 Å². The van der Waals surface area contributed by atoms with E-state index in [0.29, 0.717) is 6.42 Å². The fourth-order valence-corrected chi connectivity index (χ4v) is 2.24. The average Bonchev–Trinajstić information content (AvgIpc) is 2.78. The summed E-state index contributed by atoms with van der Waals surface area (Å²) in [7, 11) is 0. The van der Waals surface area contributed by atoms with Gasteiger partial charge in [0.1, 0.15) is 12.4 Å². The van der Waals surface area contributed by atoms with Gasteiger partial charge >= 0.3 is 0 Å². The standard InChI is InChI=1S/C13H22N3S/c1-17-12-6-5-9-16-11-10-15(13-16)8-4-2-3-7-14/h10-11,13H,2-6,8-9,12H2,1H3/q+1. The first-order valence-corrected chi connectivity index (χ1v) is 7.67. The van der Waals surface area contributed by atoms with Gasteiger partial charge in [0.25, 0.3) is 0 Å². The Balaban J connectivity index is 2.16. The average molecular weight is 252 g/mol. The molecule has 1 rings (SSSR count). The first-order valence-electron chi connectivity index (χ1n) is 6.27. The third-order valence-corrected chi connectivity index (χ3v) is 3.41. The summed E-state index contributed by atoms with van der Waals surface area (Å²) in [4.78, 5) is 0. The van der Waals surface area contributed by atoms with Crippen molar-refractivity contribution in [2.45, 2.75) is 45.2 Å². The Labute approximate surface area is 108 Å². The number of hydrogen-bond acceptors (Lipinski definition) is 2. The third kappa shape index (κ3) is 6.38. The SMILES string of the molecule is CSCCCCn1cc[n+](CCCCC#N)c1. The molecule has 0 aromatic carbocycles. The van der Waals surface area contributed by atoms with Crippen molar-refractivity contribution >= 4 is 11.8 Å². The van der Waals surface area contributed by atoms with Crippen molar-refractivity contribution in [2.75, 3.05) is 12.0 Å². The van der Waals surface area contributed by atoms with Crippen LogP contribution in [0.2, 0.25) is 0 Å². The summed E-state index contributed by atoms with van der Waals surface area (Å²) in [6.07, 6.45) is 13.9. The lowest BCUT2D eigenvalue weighted by molar-refractivity contribution is -0.696. The maximum atomic E-state index is 8.45. The Hall–Kier alpha value is -0.950. The largest absolute Gasteiger partial charge is 0.243 e.